The van der Waals surface area contributed by atoms with Crippen molar-refractivity contribution in [3.63, 3.8) is 0 Å². The largest absolute Gasteiger partial charge is 0.305 e. The van der Waals surface area contributed by atoms with Crippen LogP contribution in [-0.2, 0) is 11.2 Å². The van der Waals surface area contributed by atoms with Gasteiger partial charge in [-0.2, -0.15) is 0 Å². The molecular formula is C13H18ClNOS. The Hall–Kier alpha value is -0.380. The Morgan fingerprint density at radius 1 is 1.59 bits per heavy atom. The fraction of sp³-hybridized carbons (Fsp3) is 0.615. The third-order valence-electron chi connectivity index (χ3n) is 3.42. The van der Waals surface area contributed by atoms with Crippen LogP contribution in [0, 0.1) is 0 Å². The van der Waals surface area contributed by atoms with Crippen molar-refractivity contribution in [1.29, 1.82) is 0 Å². The number of rotatable bonds is 5. The van der Waals surface area contributed by atoms with E-state index in [4.69, 9.17) is 11.6 Å². The van der Waals surface area contributed by atoms with Gasteiger partial charge in [-0.25, -0.2) is 0 Å². The molecule has 0 spiro atoms. The number of ketones is 1. The van der Waals surface area contributed by atoms with E-state index >= 15 is 0 Å². The van der Waals surface area contributed by atoms with Gasteiger partial charge < -0.3 is 5.32 Å². The smallest absolute Gasteiger partial charge is 0.158 e. The predicted octanol–water partition coefficient (Wildman–Crippen LogP) is 3.44. The molecule has 1 aliphatic rings. The summed E-state index contributed by atoms with van der Waals surface area (Å²) < 4.78 is 0.761. The van der Waals surface area contributed by atoms with Crippen molar-refractivity contribution in [2.75, 3.05) is 6.54 Å². The lowest BCUT2D eigenvalue weighted by molar-refractivity contribution is -0.124. The van der Waals surface area contributed by atoms with Crippen LogP contribution < -0.4 is 5.32 Å². The average molecular weight is 272 g/mol. The van der Waals surface area contributed by atoms with Crippen molar-refractivity contribution >= 4 is 28.7 Å². The molecule has 2 rings (SSSR count). The van der Waals surface area contributed by atoms with Crippen LogP contribution in [0.25, 0.3) is 0 Å². The Labute approximate surface area is 111 Å². The normalized spacial score (nSPS) is 24.1. The van der Waals surface area contributed by atoms with E-state index < -0.39 is 0 Å². The Morgan fingerprint density at radius 3 is 2.94 bits per heavy atom. The molecular weight excluding hydrogens is 254 g/mol. The quantitative estimate of drug-likeness (QED) is 0.889. The molecule has 1 unspecified atom stereocenters. The monoisotopic (exact) mass is 271 g/mol. The van der Waals surface area contributed by atoms with Gasteiger partial charge in [-0.1, -0.05) is 24.9 Å². The second kappa shape index (κ2) is 5.51. The molecule has 1 aliphatic heterocycles. The van der Waals surface area contributed by atoms with Crippen molar-refractivity contribution in [2.24, 2.45) is 0 Å². The van der Waals surface area contributed by atoms with Crippen LogP contribution in [0.5, 0.6) is 0 Å². The molecule has 1 aromatic rings. The minimum Gasteiger partial charge on any atom is -0.305 e. The molecule has 17 heavy (non-hydrogen) atoms. The molecule has 4 heteroatoms. The number of thiophene rings is 1. The van der Waals surface area contributed by atoms with Gasteiger partial charge in [0.25, 0.3) is 0 Å². The molecule has 0 aliphatic carbocycles. The Bertz CT molecular complexity index is 396. The molecule has 0 aromatic carbocycles. The number of Topliss-reactive ketones (excluding diaryl/α,β-unsaturated/α-hetero) is 1. The highest BCUT2D eigenvalue weighted by molar-refractivity contribution is 7.16. The number of hydrogen-bond donors (Lipinski definition) is 1. The lowest BCUT2D eigenvalue weighted by Crippen LogP contribution is -2.48. The Kier molecular flexibility index (Phi) is 4.23. The summed E-state index contributed by atoms with van der Waals surface area (Å²) in [7, 11) is 0. The van der Waals surface area contributed by atoms with E-state index in [1.165, 1.54) is 11.3 Å². The van der Waals surface area contributed by atoms with Gasteiger partial charge in [0.1, 0.15) is 0 Å². The molecule has 2 nitrogen and oxygen atoms in total. The van der Waals surface area contributed by atoms with Gasteiger partial charge >= 0.3 is 0 Å². The first-order valence-electron chi connectivity index (χ1n) is 6.19. The zero-order valence-electron chi connectivity index (χ0n) is 10.1. The highest BCUT2D eigenvalue weighted by Crippen LogP contribution is 2.29. The van der Waals surface area contributed by atoms with Gasteiger partial charge in [0.15, 0.2) is 5.78 Å². The third-order valence-corrected chi connectivity index (χ3v) is 4.65. The molecule has 1 atom stereocenters. The van der Waals surface area contributed by atoms with Crippen LogP contribution in [0.4, 0.5) is 0 Å². The van der Waals surface area contributed by atoms with E-state index in [0.29, 0.717) is 12.2 Å². The second-order valence-corrected chi connectivity index (χ2v) is 6.47. The Balaban J connectivity index is 2.06. The van der Waals surface area contributed by atoms with Crippen molar-refractivity contribution in [3.8, 4) is 0 Å². The summed E-state index contributed by atoms with van der Waals surface area (Å²) in [5.74, 6) is 0.329. The number of carbonyl (C=O) groups excluding carboxylic acids is 1. The number of hydrogen-bond acceptors (Lipinski definition) is 3. The van der Waals surface area contributed by atoms with E-state index in [9.17, 15) is 4.79 Å². The molecule has 94 valence electrons. The van der Waals surface area contributed by atoms with Crippen molar-refractivity contribution in [3.05, 3.63) is 21.3 Å². The van der Waals surface area contributed by atoms with Crippen LogP contribution in [-0.4, -0.2) is 17.9 Å². The van der Waals surface area contributed by atoms with Gasteiger partial charge in [0, 0.05) is 11.3 Å². The molecule has 1 N–H and O–H groups in total. The molecule has 1 aromatic heterocycles. The first kappa shape index (κ1) is 13.1. The van der Waals surface area contributed by atoms with Crippen molar-refractivity contribution < 1.29 is 4.79 Å². The summed E-state index contributed by atoms with van der Waals surface area (Å²) in [5, 5.41) is 3.42. The molecule has 0 amide bonds. The number of nitrogens with one attached hydrogen (secondary N) is 1. The maximum atomic E-state index is 12.4. The van der Waals surface area contributed by atoms with Gasteiger partial charge in [-0.05, 0) is 37.9 Å². The molecule has 0 bridgehead atoms. The van der Waals surface area contributed by atoms with Crippen molar-refractivity contribution in [2.45, 2.75) is 44.6 Å². The minimum absolute atomic E-state index is 0.259. The molecule has 1 fully saturated rings. The zero-order valence-corrected chi connectivity index (χ0v) is 11.7. The van der Waals surface area contributed by atoms with Crippen molar-refractivity contribution in [1.82, 2.24) is 5.32 Å². The highest BCUT2D eigenvalue weighted by Gasteiger charge is 2.39. The summed E-state index contributed by atoms with van der Waals surface area (Å²) >= 11 is 7.40. The van der Waals surface area contributed by atoms with Gasteiger partial charge in [-0.3, -0.25) is 4.79 Å². The first-order chi connectivity index (χ1) is 8.16. The van der Waals surface area contributed by atoms with Crippen LogP contribution >= 0.6 is 22.9 Å². The maximum Gasteiger partial charge on any atom is 0.158 e. The lowest BCUT2D eigenvalue weighted by atomic mass is 9.85. The molecule has 1 saturated heterocycles. The third kappa shape index (κ3) is 2.90. The topological polar surface area (TPSA) is 29.1 Å². The Morgan fingerprint density at radius 2 is 2.41 bits per heavy atom. The molecule has 0 radical (unpaired) electrons. The second-order valence-electron chi connectivity index (χ2n) is 4.67. The van der Waals surface area contributed by atoms with E-state index in [2.05, 4.69) is 12.2 Å². The highest BCUT2D eigenvalue weighted by atomic mass is 35.5. The van der Waals surface area contributed by atoms with E-state index in [1.807, 2.05) is 12.1 Å². The fourth-order valence-corrected chi connectivity index (χ4v) is 3.68. The van der Waals surface area contributed by atoms with Crippen LogP contribution in [0.15, 0.2) is 12.1 Å². The lowest BCUT2D eigenvalue weighted by Gasteiger charge is -2.27. The van der Waals surface area contributed by atoms with Crippen LogP contribution in [0.2, 0.25) is 4.34 Å². The fourth-order valence-electron chi connectivity index (χ4n) is 2.60. The first-order valence-corrected chi connectivity index (χ1v) is 7.38. The predicted molar refractivity (Wildman–Crippen MR) is 72.9 cm³/mol. The minimum atomic E-state index is -0.259. The summed E-state index contributed by atoms with van der Waals surface area (Å²) in [6.45, 7) is 3.11. The SMILES string of the molecule is CCCC1(C(=O)Cc2ccc(Cl)s2)CCCN1. The van der Waals surface area contributed by atoms with Gasteiger partial charge in [0.2, 0.25) is 0 Å². The zero-order chi connectivity index (χ0) is 12.3. The number of carbonyl (C=O) groups is 1. The maximum absolute atomic E-state index is 12.4. The molecule has 0 saturated carbocycles. The van der Waals surface area contributed by atoms with Crippen LogP contribution in [0.1, 0.15) is 37.5 Å². The van der Waals surface area contributed by atoms with E-state index in [-0.39, 0.29) is 5.54 Å². The summed E-state index contributed by atoms with van der Waals surface area (Å²) in [4.78, 5) is 13.5. The van der Waals surface area contributed by atoms with Gasteiger partial charge in [0.05, 0.1) is 9.88 Å². The van der Waals surface area contributed by atoms with Crippen LogP contribution in [0.3, 0.4) is 0 Å². The van der Waals surface area contributed by atoms with Gasteiger partial charge in [-0.15, -0.1) is 11.3 Å². The summed E-state index contributed by atoms with van der Waals surface area (Å²) in [6, 6.07) is 3.82. The van der Waals surface area contributed by atoms with E-state index in [0.717, 1.165) is 41.4 Å². The van der Waals surface area contributed by atoms with E-state index in [1.54, 1.807) is 0 Å². The summed E-state index contributed by atoms with van der Waals surface area (Å²) in [5.41, 5.74) is -0.259. The average Bonchev–Trinajstić information content (AvgIpc) is 2.89. The molecule has 2 heterocycles. The summed E-state index contributed by atoms with van der Waals surface area (Å²) in [6.07, 6.45) is 4.61. The number of halogens is 1. The standard InChI is InChI=1S/C13H18ClNOS/c1-2-6-13(7-3-8-15-13)11(16)9-10-4-5-12(14)17-10/h4-5,15H,2-3,6-9H2,1H3.